The number of piperazine rings is 1. The molecule has 3 rings (SSSR count). The molecule has 0 unspecified atom stereocenters. The van der Waals surface area contributed by atoms with E-state index >= 15 is 0 Å². The van der Waals surface area contributed by atoms with Gasteiger partial charge in [-0.2, -0.15) is 0 Å². The van der Waals surface area contributed by atoms with Crippen LogP contribution < -0.4 is 14.4 Å². The average molecular weight is 433 g/mol. The van der Waals surface area contributed by atoms with E-state index in [0.717, 1.165) is 4.90 Å². The fourth-order valence-electron chi connectivity index (χ4n) is 2.96. The second-order valence-electron chi connectivity index (χ2n) is 6.25. The fraction of sp³-hybridized carbons (Fsp3) is 0.316. The molecule has 1 aliphatic rings. The van der Waals surface area contributed by atoms with Gasteiger partial charge in [-0.15, -0.1) is 0 Å². The van der Waals surface area contributed by atoms with Gasteiger partial charge in [0.1, 0.15) is 22.2 Å². The smallest absolute Gasteiger partial charge is 0.260 e. The zero-order valence-corrected chi connectivity index (χ0v) is 16.1. The predicted octanol–water partition coefficient (Wildman–Crippen LogP) is 3.63. The molecule has 156 valence electrons. The highest BCUT2D eigenvalue weighted by Gasteiger charge is 2.30. The van der Waals surface area contributed by atoms with Crippen LogP contribution >= 0.6 is 11.6 Å². The summed E-state index contributed by atoms with van der Waals surface area (Å²) in [6.07, 6.45) is 0. The third-order valence-electron chi connectivity index (χ3n) is 4.56. The molecule has 1 amide bonds. The number of hydrogen-bond acceptors (Lipinski definition) is 4. The number of methoxy groups -OCH3 is 1. The van der Waals surface area contributed by atoms with Gasteiger partial charge >= 0.3 is 0 Å². The lowest BCUT2D eigenvalue weighted by molar-refractivity contribution is -0.133. The molecular formula is C19H17ClF4N2O3. The summed E-state index contributed by atoms with van der Waals surface area (Å²) in [6, 6.07) is 6.68. The van der Waals surface area contributed by atoms with E-state index in [1.807, 2.05) is 0 Å². The van der Waals surface area contributed by atoms with Crippen molar-refractivity contribution >= 4 is 23.2 Å². The summed E-state index contributed by atoms with van der Waals surface area (Å²) in [7, 11) is 1.53. The van der Waals surface area contributed by atoms with Gasteiger partial charge in [0.05, 0.1) is 7.11 Å². The zero-order valence-electron chi connectivity index (χ0n) is 15.4. The number of carbonyl (C=O) groups excluding carboxylic acids is 1. The molecule has 10 heteroatoms. The minimum Gasteiger partial charge on any atom is -0.497 e. The molecule has 0 N–H and O–H groups in total. The standard InChI is InChI=1S/C19H17ClF4N2O3/c1-28-11-2-4-12(5-3-11)29-10-13(27)25-6-8-26(9-7-25)19-17(23)15(21)14(20)16(22)18(19)24/h2-5H,6-10H2,1H3. The average Bonchev–Trinajstić information content (AvgIpc) is 2.75. The van der Waals surface area contributed by atoms with Gasteiger partial charge in [0.25, 0.3) is 5.91 Å². The van der Waals surface area contributed by atoms with Crippen LogP contribution in [0.1, 0.15) is 0 Å². The Morgan fingerprint density at radius 3 is 1.97 bits per heavy atom. The number of benzene rings is 2. The van der Waals surface area contributed by atoms with Crippen LogP contribution in [0.25, 0.3) is 0 Å². The number of ether oxygens (including phenoxy) is 2. The number of amides is 1. The van der Waals surface area contributed by atoms with Gasteiger partial charge < -0.3 is 19.3 Å². The van der Waals surface area contributed by atoms with E-state index in [0.29, 0.717) is 11.5 Å². The normalized spacial score (nSPS) is 14.1. The van der Waals surface area contributed by atoms with Crippen LogP contribution in [0.3, 0.4) is 0 Å². The highest BCUT2D eigenvalue weighted by molar-refractivity contribution is 6.31. The Hall–Kier alpha value is -2.68. The molecule has 0 saturated carbocycles. The Morgan fingerprint density at radius 2 is 1.45 bits per heavy atom. The number of carbonyl (C=O) groups is 1. The van der Waals surface area contributed by atoms with E-state index in [4.69, 9.17) is 21.1 Å². The fourth-order valence-corrected chi connectivity index (χ4v) is 3.12. The molecule has 1 saturated heterocycles. The van der Waals surface area contributed by atoms with Crippen molar-refractivity contribution in [3.05, 3.63) is 52.6 Å². The number of anilines is 1. The van der Waals surface area contributed by atoms with Crippen molar-refractivity contribution in [1.82, 2.24) is 4.90 Å². The molecular weight excluding hydrogens is 416 g/mol. The molecule has 2 aromatic carbocycles. The van der Waals surface area contributed by atoms with Gasteiger partial charge in [-0.1, -0.05) is 11.6 Å². The highest BCUT2D eigenvalue weighted by atomic mass is 35.5. The molecule has 1 aliphatic heterocycles. The number of rotatable bonds is 5. The summed E-state index contributed by atoms with van der Waals surface area (Å²) in [4.78, 5) is 14.9. The lowest BCUT2D eigenvalue weighted by Crippen LogP contribution is -2.50. The summed E-state index contributed by atoms with van der Waals surface area (Å²) in [5.74, 6) is -5.61. The van der Waals surface area contributed by atoms with E-state index in [1.165, 1.54) is 12.0 Å². The van der Waals surface area contributed by atoms with E-state index in [1.54, 1.807) is 24.3 Å². The Balaban J connectivity index is 1.60. The van der Waals surface area contributed by atoms with Crippen LogP contribution in [0.5, 0.6) is 11.5 Å². The third kappa shape index (κ3) is 4.34. The van der Waals surface area contributed by atoms with Crippen LogP contribution in [-0.2, 0) is 4.79 Å². The van der Waals surface area contributed by atoms with Gasteiger partial charge in [-0.25, -0.2) is 17.6 Å². The Morgan fingerprint density at radius 1 is 0.931 bits per heavy atom. The van der Waals surface area contributed by atoms with Gasteiger partial charge in [0, 0.05) is 26.2 Å². The quantitative estimate of drug-likeness (QED) is 0.411. The summed E-state index contributed by atoms with van der Waals surface area (Å²) < 4.78 is 66.0. The van der Waals surface area contributed by atoms with Crippen molar-refractivity contribution in [3.8, 4) is 11.5 Å². The number of hydrogen-bond donors (Lipinski definition) is 0. The maximum absolute atomic E-state index is 14.1. The second-order valence-corrected chi connectivity index (χ2v) is 6.63. The SMILES string of the molecule is COc1ccc(OCC(=O)N2CCN(c3c(F)c(F)c(Cl)c(F)c3F)CC2)cc1. The largest absolute Gasteiger partial charge is 0.497 e. The van der Waals surface area contributed by atoms with Crippen molar-refractivity contribution in [2.75, 3.05) is 44.8 Å². The first-order valence-corrected chi connectivity index (χ1v) is 9.02. The molecule has 0 radical (unpaired) electrons. The molecule has 1 heterocycles. The molecule has 0 spiro atoms. The van der Waals surface area contributed by atoms with Crippen LogP contribution in [-0.4, -0.2) is 50.7 Å². The highest BCUT2D eigenvalue weighted by Crippen LogP contribution is 2.33. The lowest BCUT2D eigenvalue weighted by atomic mass is 10.2. The maximum atomic E-state index is 14.1. The minimum absolute atomic E-state index is 0.0113. The Kier molecular flexibility index (Phi) is 6.36. The van der Waals surface area contributed by atoms with Crippen LogP contribution in [0.2, 0.25) is 5.02 Å². The Bertz CT molecular complexity index is 874. The van der Waals surface area contributed by atoms with Crippen molar-refractivity contribution < 1.29 is 31.8 Å². The first-order chi connectivity index (χ1) is 13.8. The summed E-state index contributed by atoms with van der Waals surface area (Å²) in [5, 5.41) is -1.23. The first-order valence-electron chi connectivity index (χ1n) is 8.64. The van der Waals surface area contributed by atoms with Crippen LogP contribution in [0.4, 0.5) is 23.2 Å². The van der Waals surface area contributed by atoms with E-state index < -0.39 is 34.0 Å². The van der Waals surface area contributed by atoms with Gasteiger partial charge in [0.2, 0.25) is 0 Å². The van der Waals surface area contributed by atoms with E-state index in [2.05, 4.69) is 0 Å². The molecule has 0 atom stereocenters. The number of nitrogens with zero attached hydrogens (tertiary/aromatic N) is 2. The van der Waals surface area contributed by atoms with Gasteiger partial charge in [-0.05, 0) is 24.3 Å². The monoisotopic (exact) mass is 432 g/mol. The molecule has 29 heavy (non-hydrogen) atoms. The molecule has 0 aliphatic carbocycles. The third-order valence-corrected chi connectivity index (χ3v) is 4.89. The Labute approximate surface area is 169 Å². The van der Waals surface area contributed by atoms with Gasteiger partial charge in [-0.3, -0.25) is 4.79 Å². The maximum Gasteiger partial charge on any atom is 0.260 e. The number of halogens is 5. The first kappa shape index (κ1) is 21.0. The zero-order chi connectivity index (χ0) is 21.1. The molecule has 5 nitrogen and oxygen atoms in total. The molecule has 2 aromatic rings. The van der Waals surface area contributed by atoms with Crippen molar-refractivity contribution in [3.63, 3.8) is 0 Å². The topological polar surface area (TPSA) is 42.0 Å². The minimum atomic E-state index is -1.65. The summed E-state index contributed by atoms with van der Waals surface area (Å²) in [5.41, 5.74) is -0.828. The van der Waals surface area contributed by atoms with Crippen molar-refractivity contribution in [2.24, 2.45) is 0 Å². The van der Waals surface area contributed by atoms with Crippen molar-refractivity contribution in [1.29, 1.82) is 0 Å². The van der Waals surface area contributed by atoms with Crippen molar-refractivity contribution in [2.45, 2.75) is 0 Å². The second kappa shape index (κ2) is 8.77. The van der Waals surface area contributed by atoms with Crippen LogP contribution in [0.15, 0.2) is 24.3 Å². The van der Waals surface area contributed by atoms with Crippen LogP contribution in [0, 0.1) is 23.3 Å². The van der Waals surface area contributed by atoms with E-state index in [9.17, 15) is 22.4 Å². The summed E-state index contributed by atoms with van der Waals surface area (Å²) in [6.45, 7) is -0.0321. The lowest BCUT2D eigenvalue weighted by Gasteiger charge is -2.36. The molecule has 0 aromatic heterocycles. The van der Waals surface area contributed by atoms with Gasteiger partial charge in [0.15, 0.2) is 29.9 Å². The molecule has 0 bridgehead atoms. The molecule has 1 fully saturated rings. The predicted molar refractivity (Wildman–Crippen MR) is 98.6 cm³/mol. The van der Waals surface area contributed by atoms with E-state index in [-0.39, 0.29) is 38.7 Å². The summed E-state index contributed by atoms with van der Waals surface area (Å²) >= 11 is 5.24.